The van der Waals surface area contributed by atoms with Crippen LogP contribution >= 0.6 is 0 Å². The van der Waals surface area contributed by atoms with E-state index < -0.39 is 5.97 Å². The van der Waals surface area contributed by atoms with Crippen molar-refractivity contribution in [3.63, 3.8) is 0 Å². The smallest absolute Gasteiger partial charge is 0.325 e. The number of nitrogens with zero attached hydrogens (tertiary/aromatic N) is 1. The second-order valence-corrected chi connectivity index (χ2v) is 3.98. The highest BCUT2D eigenvalue weighted by Gasteiger charge is 2.15. The van der Waals surface area contributed by atoms with Crippen LogP contribution in [0, 0.1) is 0 Å². The predicted octanol–water partition coefficient (Wildman–Crippen LogP) is 2.15. The van der Waals surface area contributed by atoms with E-state index in [9.17, 15) is 9.59 Å². The van der Waals surface area contributed by atoms with E-state index >= 15 is 0 Å². The van der Waals surface area contributed by atoms with Gasteiger partial charge in [0.25, 0.3) is 0 Å². The lowest BCUT2D eigenvalue weighted by atomic mass is 10.2. The Morgan fingerprint density at radius 2 is 1.95 bits per heavy atom. The molecule has 0 aliphatic heterocycles. The molecule has 0 saturated carbocycles. The second kappa shape index (κ2) is 8.08. The Kier molecular flexibility index (Phi) is 6.36. The summed E-state index contributed by atoms with van der Waals surface area (Å²) in [6, 6.07) is 9.55. The van der Waals surface area contributed by atoms with E-state index in [0.29, 0.717) is 13.2 Å². The van der Waals surface area contributed by atoms with Crippen LogP contribution in [-0.2, 0) is 20.9 Å². The number of hydrogen-bond acceptors (Lipinski definition) is 3. The summed E-state index contributed by atoms with van der Waals surface area (Å²) in [4.78, 5) is 24.9. The molecular weight excluding hydrogens is 242 g/mol. The molecule has 0 atom stereocenters. The van der Waals surface area contributed by atoms with Crippen molar-refractivity contribution in [2.24, 2.45) is 0 Å². The zero-order valence-electron chi connectivity index (χ0n) is 11.3. The van der Waals surface area contributed by atoms with Gasteiger partial charge in [0.15, 0.2) is 0 Å². The van der Waals surface area contributed by atoms with Crippen LogP contribution in [0.5, 0.6) is 0 Å². The van der Waals surface area contributed by atoms with E-state index in [1.54, 1.807) is 19.9 Å². The summed E-state index contributed by atoms with van der Waals surface area (Å²) < 4.78 is 4.88. The summed E-state index contributed by atoms with van der Waals surface area (Å²) in [7, 11) is 0. The van der Waals surface area contributed by atoms with Crippen molar-refractivity contribution in [2.45, 2.75) is 20.4 Å². The minimum atomic E-state index is -0.392. The van der Waals surface area contributed by atoms with Gasteiger partial charge in [0.05, 0.1) is 6.61 Å². The second-order valence-electron chi connectivity index (χ2n) is 3.98. The van der Waals surface area contributed by atoms with Crippen LogP contribution in [0.15, 0.2) is 42.5 Å². The van der Waals surface area contributed by atoms with Crippen molar-refractivity contribution >= 4 is 11.9 Å². The standard InChI is InChI=1S/C15H19NO3/c1-3-8-14(17)16(12-15(18)19-4-2)11-13-9-6-5-7-10-13/h3,5-10H,4,11-12H2,1-2H3/b8-3+. The number of hydrogen-bond donors (Lipinski definition) is 0. The fourth-order valence-electron chi connectivity index (χ4n) is 1.63. The molecule has 1 aromatic carbocycles. The molecule has 0 spiro atoms. The first-order chi connectivity index (χ1) is 9.17. The van der Waals surface area contributed by atoms with Gasteiger partial charge in [-0.25, -0.2) is 0 Å². The molecule has 1 amide bonds. The minimum absolute atomic E-state index is 0.0358. The third-order valence-corrected chi connectivity index (χ3v) is 2.46. The highest BCUT2D eigenvalue weighted by molar-refractivity contribution is 5.90. The van der Waals surface area contributed by atoms with Crippen molar-refractivity contribution < 1.29 is 14.3 Å². The molecule has 0 unspecified atom stereocenters. The van der Waals surface area contributed by atoms with E-state index in [1.165, 1.54) is 11.0 Å². The molecular formula is C15H19NO3. The highest BCUT2D eigenvalue weighted by atomic mass is 16.5. The molecule has 1 rings (SSSR count). The first-order valence-electron chi connectivity index (χ1n) is 6.28. The van der Waals surface area contributed by atoms with Crippen LogP contribution in [0.25, 0.3) is 0 Å². The summed E-state index contributed by atoms with van der Waals surface area (Å²) in [5.74, 6) is -0.587. The quantitative estimate of drug-likeness (QED) is 0.582. The zero-order valence-corrected chi connectivity index (χ0v) is 11.3. The molecule has 0 saturated heterocycles. The lowest BCUT2D eigenvalue weighted by molar-refractivity contribution is -0.148. The van der Waals surface area contributed by atoms with Gasteiger partial charge < -0.3 is 9.64 Å². The molecule has 0 aliphatic carbocycles. The van der Waals surface area contributed by atoms with E-state index in [4.69, 9.17) is 4.74 Å². The fourth-order valence-corrected chi connectivity index (χ4v) is 1.63. The Balaban J connectivity index is 2.74. The Hall–Kier alpha value is -2.10. The van der Waals surface area contributed by atoms with Crippen LogP contribution < -0.4 is 0 Å². The topological polar surface area (TPSA) is 46.6 Å². The number of amides is 1. The molecule has 1 aromatic rings. The van der Waals surface area contributed by atoms with Crippen molar-refractivity contribution in [1.29, 1.82) is 0 Å². The monoisotopic (exact) mass is 261 g/mol. The Labute approximate surface area is 113 Å². The van der Waals surface area contributed by atoms with Gasteiger partial charge in [-0.15, -0.1) is 0 Å². The summed E-state index contributed by atoms with van der Waals surface area (Å²) in [5.41, 5.74) is 0.977. The third kappa shape index (κ3) is 5.38. The Morgan fingerprint density at radius 1 is 1.26 bits per heavy atom. The number of carbonyl (C=O) groups excluding carboxylic acids is 2. The first-order valence-corrected chi connectivity index (χ1v) is 6.28. The molecule has 0 N–H and O–H groups in total. The molecule has 0 aliphatic rings. The van der Waals surface area contributed by atoms with Crippen LogP contribution in [-0.4, -0.2) is 29.9 Å². The summed E-state index contributed by atoms with van der Waals surface area (Å²) in [6.07, 6.45) is 3.10. The molecule has 4 heteroatoms. The van der Waals surface area contributed by atoms with E-state index in [2.05, 4.69) is 0 Å². The molecule has 0 heterocycles. The van der Waals surface area contributed by atoms with Crippen LogP contribution in [0.2, 0.25) is 0 Å². The van der Waals surface area contributed by atoms with Crippen molar-refractivity contribution in [3.8, 4) is 0 Å². The van der Waals surface area contributed by atoms with Gasteiger partial charge >= 0.3 is 5.97 Å². The maximum absolute atomic E-state index is 11.9. The van der Waals surface area contributed by atoms with Crippen LogP contribution in [0.3, 0.4) is 0 Å². The Morgan fingerprint density at radius 3 is 2.53 bits per heavy atom. The summed E-state index contributed by atoms with van der Waals surface area (Å²) >= 11 is 0. The molecule has 4 nitrogen and oxygen atoms in total. The predicted molar refractivity (Wildman–Crippen MR) is 73.3 cm³/mol. The lowest BCUT2D eigenvalue weighted by Gasteiger charge is -2.20. The van der Waals surface area contributed by atoms with Gasteiger partial charge in [0.2, 0.25) is 5.91 Å². The van der Waals surface area contributed by atoms with Gasteiger partial charge in [-0.1, -0.05) is 36.4 Å². The zero-order chi connectivity index (χ0) is 14.1. The highest BCUT2D eigenvalue weighted by Crippen LogP contribution is 2.05. The molecule has 0 radical (unpaired) electrons. The number of allylic oxidation sites excluding steroid dienone is 1. The number of ether oxygens (including phenoxy) is 1. The third-order valence-electron chi connectivity index (χ3n) is 2.46. The average Bonchev–Trinajstić information content (AvgIpc) is 2.40. The molecule has 0 aromatic heterocycles. The molecule has 102 valence electrons. The van der Waals surface area contributed by atoms with E-state index in [1.807, 2.05) is 30.3 Å². The lowest BCUT2D eigenvalue weighted by Crippen LogP contribution is -2.34. The summed E-state index contributed by atoms with van der Waals surface area (Å²) in [5, 5.41) is 0. The van der Waals surface area contributed by atoms with Crippen LogP contribution in [0.4, 0.5) is 0 Å². The van der Waals surface area contributed by atoms with Crippen molar-refractivity contribution in [3.05, 3.63) is 48.0 Å². The SMILES string of the molecule is C/C=C/C(=O)N(CC(=O)OCC)Cc1ccccc1. The molecule has 19 heavy (non-hydrogen) atoms. The molecule has 0 bridgehead atoms. The van der Waals surface area contributed by atoms with Crippen LogP contribution in [0.1, 0.15) is 19.4 Å². The first kappa shape index (κ1) is 15.0. The fraction of sp³-hybridized carbons (Fsp3) is 0.333. The summed E-state index contributed by atoms with van der Waals surface area (Å²) in [6.45, 7) is 4.18. The van der Waals surface area contributed by atoms with E-state index in [0.717, 1.165) is 5.56 Å². The van der Waals surface area contributed by atoms with Gasteiger partial charge in [-0.2, -0.15) is 0 Å². The number of carbonyl (C=O) groups is 2. The largest absolute Gasteiger partial charge is 0.465 e. The normalized spacial score (nSPS) is 10.4. The Bertz CT molecular complexity index is 440. The van der Waals surface area contributed by atoms with Gasteiger partial charge in [-0.3, -0.25) is 9.59 Å². The van der Waals surface area contributed by atoms with Gasteiger partial charge in [0, 0.05) is 6.54 Å². The van der Waals surface area contributed by atoms with Crippen molar-refractivity contribution in [1.82, 2.24) is 4.90 Å². The van der Waals surface area contributed by atoms with E-state index in [-0.39, 0.29) is 12.5 Å². The maximum Gasteiger partial charge on any atom is 0.325 e. The number of rotatable bonds is 6. The maximum atomic E-state index is 11.9. The van der Waals surface area contributed by atoms with Gasteiger partial charge in [-0.05, 0) is 25.5 Å². The minimum Gasteiger partial charge on any atom is -0.465 e. The van der Waals surface area contributed by atoms with Crippen molar-refractivity contribution in [2.75, 3.05) is 13.2 Å². The molecule has 0 fully saturated rings. The average molecular weight is 261 g/mol. The van der Waals surface area contributed by atoms with Gasteiger partial charge in [0.1, 0.15) is 6.54 Å². The number of benzene rings is 1. The number of esters is 1.